The lowest BCUT2D eigenvalue weighted by Crippen LogP contribution is -2.05. The fourth-order valence-electron chi connectivity index (χ4n) is 3.99. The van der Waals surface area contributed by atoms with Crippen LogP contribution in [-0.4, -0.2) is 23.4 Å². The van der Waals surface area contributed by atoms with Crippen LogP contribution in [0.2, 0.25) is 0 Å². The van der Waals surface area contributed by atoms with E-state index < -0.39 is 10.8 Å². The minimum absolute atomic E-state index is 0.242. The number of nitrogens with zero attached hydrogens (tertiary/aromatic N) is 3. The molecule has 4 aromatic rings. The summed E-state index contributed by atoms with van der Waals surface area (Å²) in [6.45, 7) is 2.47. The molecule has 3 heterocycles. The number of halogens is 1. The van der Waals surface area contributed by atoms with Crippen LogP contribution in [0, 0.1) is 6.92 Å². The first-order valence-corrected chi connectivity index (χ1v) is 12.2. The topological polar surface area (TPSA) is 73.2 Å². The molecule has 1 atom stereocenters. The number of aryl methyl sites for hydroxylation is 1. The van der Waals surface area contributed by atoms with Crippen molar-refractivity contribution < 1.29 is 13.7 Å². The van der Waals surface area contributed by atoms with E-state index in [-0.39, 0.29) is 5.75 Å². The molecule has 0 radical (unpaired) electrons. The van der Waals surface area contributed by atoms with Crippen molar-refractivity contribution in [3.8, 4) is 5.75 Å². The second kappa shape index (κ2) is 7.74. The van der Waals surface area contributed by atoms with Gasteiger partial charge in [0.15, 0.2) is 0 Å². The highest BCUT2D eigenvalue weighted by Gasteiger charge is 2.29. The molecule has 1 saturated carbocycles. The van der Waals surface area contributed by atoms with Gasteiger partial charge in [0.2, 0.25) is 0 Å². The van der Waals surface area contributed by atoms with E-state index in [1.54, 1.807) is 12.5 Å². The van der Waals surface area contributed by atoms with E-state index in [1.165, 1.54) is 0 Å². The number of hydrogen-bond donors (Lipinski definition) is 1. The predicted molar refractivity (Wildman–Crippen MR) is 120 cm³/mol. The van der Waals surface area contributed by atoms with Gasteiger partial charge in [-0.15, -0.1) is 0 Å². The van der Waals surface area contributed by atoms with Gasteiger partial charge in [0.1, 0.15) is 17.3 Å². The molecule has 30 heavy (non-hydrogen) atoms. The molecule has 3 aromatic heterocycles. The molecule has 0 aliphatic heterocycles. The van der Waals surface area contributed by atoms with Crippen molar-refractivity contribution in [2.45, 2.75) is 43.9 Å². The highest BCUT2D eigenvalue weighted by molar-refractivity contribution is 9.10. The maximum Gasteiger partial charge on any atom is 0.135 e. The summed E-state index contributed by atoms with van der Waals surface area (Å²) in [5.41, 5.74) is 2.95. The smallest absolute Gasteiger partial charge is 0.135 e. The van der Waals surface area contributed by atoms with Crippen LogP contribution < -0.4 is 0 Å². The Hall–Kier alpha value is -2.32. The molecule has 6 nitrogen and oxygen atoms in total. The van der Waals surface area contributed by atoms with Crippen LogP contribution in [0.4, 0.5) is 0 Å². The average molecular weight is 488 g/mol. The Labute approximate surface area is 185 Å². The number of fused-ring (bicyclic) bond motifs is 1. The van der Waals surface area contributed by atoms with Crippen LogP contribution in [-0.2, 0) is 28.9 Å². The fraction of sp³-hybridized carbons (Fsp3) is 0.318. The second-order valence-corrected chi connectivity index (χ2v) is 10.1. The predicted octanol–water partition coefficient (Wildman–Crippen LogP) is 5.04. The first-order valence-electron chi connectivity index (χ1n) is 9.90. The van der Waals surface area contributed by atoms with E-state index in [0.717, 1.165) is 46.6 Å². The summed E-state index contributed by atoms with van der Waals surface area (Å²) in [5.74, 6) is 2.72. The third-order valence-electron chi connectivity index (χ3n) is 5.61. The van der Waals surface area contributed by atoms with Gasteiger partial charge in [0.25, 0.3) is 0 Å². The zero-order valence-electron chi connectivity index (χ0n) is 16.5. The van der Waals surface area contributed by atoms with E-state index in [4.69, 9.17) is 4.42 Å². The SMILES string of the molecule is Cc1nccn1Cc1c(O)c(Br)cc2c1cc(CS(=O)Cc1ccco1)n2C1CC1. The summed E-state index contributed by atoms with van der Waals surface area (Å²) in [5, 5.41) is 11.8. The number of rotatable bonds is 7. The number of aromatic hydroxyl groups is 1. The lowest BCUT2D eigenvalue weighted by molar-refractivity contribution is 0.463. The molecule has 1 fully saturated rings. The minimum Gasteiger partial charge on any atom is -0.506 e. The van der Waals surface area contributed by atoms with Crippen molar-refractivity contribution in [3.63, 3.8) is 0 Å². The minimum atomic E-state index is -1.08. The summed E-state index contributed by atoms with van der Waals surface area (Å²) in [6.07, 6.45) is 7.53. The van der Waals surface area contributed by atoms with Crippen LogP contribution in [0.3, 0.4) is 0 Å². The Bertz CT molecular complexity index is 1240. The van der Waals surface area contributed by atoms with Crippen molar-refractivity contribution in [2.75, 3.05) is 0 Å². The zero-order valence-corrected chi connectivity index (χ0v) is 18.9. The van der Waals surface area contributed by atoms with Crippen molar-refractivity contribution in [1.29, 1.82) is 0 Å². The summed E-state index contributed by atoms with van der Waals surface area (Å²) in [7, 11) is -1.08. The van der Waals surface area contributed by atoms with Crippen LogP contribution >= 0.6 is 15.9 Å². The largest absolute Gasteiger partial charge is 0.506 e. The standard InChI is InChI=1S/C22H22BrN3O3S/c1-14-24-6-7-25(14)11-19-18-9-16(12-30(28)13-17-3-2-8-29-17)26(15-4-5-15)21(18)10-20(23)22(19)27/h2-3,6-10,15,27H,4-5,11-13H2,1H3. The van der Waals surface area contributed by atoms with Crippen molar-refractivity contribution in [1.82, 2.24) is 14.1 Å². The number of benzene rings is 1. The summed E-state index contributed by atoms with van der Waals surface area (Å²) >= 11 is 3.53. The highest BCUT2D eigenvalue weighted by Crippen LogP contribution is 2.44. The monoisotopic (exact) mass is 487 g/mol. The Morgan fingerprint density at radius 1 is 1.33 bits per heavy atom. The third-order valence-corrected chi connectivity index (χ3v) is 7.44. The first kappa shape index (κ1) is 19.6. The van der Waals surface area contributed by atoms with Crippen molar-refractivity contribution in [2.24, 2.45) is 0 Å². The summed E-state index contributed by atoms with van der Waals surface area (Å²) < 4.78 is 23.2. The van der Waals surface area contributed by atoms with Gasteiger partial charge in [-0.1, -0.05) is 0 Å². The number of hydrogen-bond acceptors (Lipinski definition) is 4. The Balaban J connectivity index is 1.58. The van der Waals surface area contributed by atoms with Gasteiger partial charge in [-0.2, -0.15) is 0 Å². The van der Waals surface area contributed by atoms with Gasteiger partial charge in [0, 0.05) is 45.9 Å². The summed E-state index contributed by atoms with van der Waals surface area (Å²) in [4.78, 5) is 4.30. The molecule has 1 N–H and O–H groups in total. The first-order chi connectivity index (χ1) is 14.5. The van der Waals surface area contributed by atoms with Crippen molar-refractivity contribution >= 4 is 37.6 Å². The van der Waals surface area contributed by atoms with Gasteiger partial charge in [-0.05, 0) is 60.0 Å². The van der Waals surface area contributed by atoms with E-state index >= 15 is 0 Å². The van der Waals surface area contributed by atoms with Crippen LogP contribution in [0.25, 0.3) is 10.9 Å². The number of furan rings is 1. The number of aromatic nitrogens is 3. The molecule has 0 saturated heterocycles. The summed E-state index contributed by atoms with van der Waals surface area (Å²) in [6, 6.07) is 8.18. The highest BCUT2D eigenvalue weighted by atomic mass is 79.9. The van der Waals surface area contributed by atoms with E-state index in [2.05, 4.69) is 31.5 Å². The Morgan fingerprint density at radius 2 is 2.17 bits per heavy atom. The molecule has 5 rings (SSSR count). The van der Waals surface area contributed by atoms with Gasteiger partial charge < -0.3 is 18.7 Å². The molecule has 1 aliphatic rings. The van der Waals surface area contributed by atoms with Gasteiger partial charge in [-0.3, -0.25) is 4.21 Å². The second-order valence-electron chi connectivity index (χ2n) is 7.77. The molecule has 0 amide bonds. The maximum absolute atomic E-state index is 12.8. The molecule has 1 aromatic carbocycles. The van der Waals surface area contributed by atoms with Crippen molar-refractivity contribution in [3.05, 3.63) is 70.2 Å². The van der Waals surface area contributed by atoms with Crippen LogP contribution in [0.15, 0.2) is 51.8 Å². The van der Waals surface area contributed by atoms with Crippen LogP contribution in [0.5, 0.6) is 5.75 Å². The Kier molecular flexibility index (Phi) is 5.06. The quantitative estimate of drug-likeness (QED) is 0.396. The van der Waals surface area contributed by atoms with Gasteiger partial charge in [0.05, 0.1) is 34.3 Å². The number of imidazole rings is 1. The third kappa shape index (κ3) is 3.63. The Morgan fingerprint density at radius 3 is 2.83 bits per heavy atom. The van der Waals surface area contributed by atoms with E-state index in [0.29, 0.717) is 28.6 Å². The molecular weight excluding hydrogens is 466 g/mol. The molecule has 0 bridgehead atoms. The molecule has 0 spiro atoms. The molecule has 1 unspecified atom stereocenters. The maximum atomic E-state index is 12.8. The normalized spacial score (nSPS) is 15.1. The van der Waals surface area contributed by atoms with Gasteiger partial charge >= 0.3 is 0 Å². The average Bonchev–Trinajstić information content (AvgIpc) is 3.07. The van der Waals surface area contributed by atoms with Gasteiger partial charge in [-0.25, -0.2) is 4.98 Å². The molecule has 8 heteroatoms. The lowest BCUT2D eigenvalue weighted by atomic mass is 10.1. The molecule has 156 valence electrons. The lowest BCUT2D eigenvalue weighted by Gasteiger charge is -2.13. The van der Waals surface area contributed by atoms with E-state index in [1.807, 2.05) is 35.9 Å². The molecular formula is C22H22BrN3O3S. The number of phenolic OH excluding ortho intramolecular Hbond substituents is 1. The number of phenols is 1. The van der Waals surface area contributed by atoms with Crippen LogP contribution in [0.1, 0.15) is 41.7 Å². The fourth-order valence-corrected chi connectivity index (χ4v) is 5.58. The molecule has 1 aliphatic carbocycles. The zero-order chi connectivity index (χ0) is 20.8. The van der Waals surface area contributed by atoms with E-state index in [9.17, 15) is 9.32 Å².